The Kier molecular flexibility index (Phi) is 5.67. The Morgan fingerprint density at radius 2 is 2.15 bits per heavy atom. The molecule has 0 aliphatic carbocycles. The van der Waals surface area contributed by atoms with Crippen molar-refractivity contribution in [2.75, 3.05) is 26.7 Å². The van der Waals surface area contributed by atoms with Crippen molar-refractivity contribution in [3.8, 4) is 0 Å². The summed E-state index contributed by atoms with van der Waals surface area (Å²) >= 11 is 12.0. The molecule has 1 saturated heterocycles. The van der Waals surface area contributed by atoms with Crippen LogP contribution in [0.15, 0.2) is 12.1 Å². The lowest BCUT2D eigenvalue weighted by atomic mass is 9.95. The molecule has 20 heavy (non-hydrogen) atoms. The molecule has 5 heteroatoms. The molecule has 0 saturated carbocycles. The van der Waals surface area contributed by atoms with Crippen molar-refractivity contribution in [1.82, 2.24) is 10.2 Å². The van der Waals surface area contributed by atoms with Gasteiger partial charge in [-0.25, -0.2) is 4.39 Å². The van der Waals surface area contributed by atoms with Crippen LogP contribution in [0.25, 0.3) is 0 Å². The lowest BCUT2D eigenvalue weighted by molar-refractivity contribution is 0.131. The van der Waals surface area contributed by atoms with Gasteiger partial charge in [-0.15, -0.1) is 0 Å². The first kappa shape index (κ1) is 16.0. The molecule has 2 rings (SSSR count). The highest BCUT2D eigenvalue weighted by molar-refractivity contribution is 6.35. The number of benzene rings is 1. The van der Waals surface area contributed by atoms with Crippen LogP contribution in [0.4, 0.5) is 4.39 Å². The van der Waals surface area contributed by atoms with Crippen LogP contribution in [0.5, 0.6) is 0 Å². The minimum atomic E-state index is -0.401. The summed E-state index contributed by atoms with van der Waals surface area (Å²) in [5.74, 6) is 0.244. The van der Waals surface area contributed by atoms with Crippen molar-refractivity contribution in [2.24, 2.45) is 5.92 Å². The zero-order valence-corrected chi connectivity index (χ0v) is 13.4. The van der Waals surface area contributed by atoms with Crippen LogP contribution in [0.2, 0.25) is 10.0 Å². The molecule has 1 heterocycles. The summed E-state index contributed by atoms with van der Waals surface area (Å²) in [6.07, 6.45) is 2.41. The lowest BCUT2D eigenvalue weighted by Gasteiger charge is -2.37. The largest absolute Gasteiger partial charge is 0.319 e. The number of likely N-dealkylation sites (tertiary alicyclic amines) is 1. The Morgan fingerprint density at radius 1 is 1.40 bits per heavy atom. The second-order valence-corrected chi connectivity index (χ2v) is 6.34. The van der Waals surface area contributed by atoms with Gasteiger partial charge in [0.1, 0.15) is 5.82 Å². The molecule has 0 spiro atoms. The highest BCUT2D eigenvalue weighted by atomic mass is 35.5. The molecule has 0 amide bonds. The highest BCUT2D eigenvalue weighted by Crippen LogP contribution is 2.33. The van der Waals surface area contributed by atoms with Gasteiger partial charge in [-0.3, -0.25) is 4.90 Å². The van der Waals surface area contributed by atoms with Crippen molar-refractivity contribution >= 4 is 23.2 Å². The second-order valence-electron chi connectivity index (χ2n) is 5.52. The summed E-state index contributed by atoms with van der Waals surface area (Å²) in [4.78, 5) is 2.38. The van der Waals surface area contributed by atoms with Crippen molar-refractivity contribution in [3.63, 3.8) is 0 Å². The maximum absolute atomic E-state index is 13.7. The van der Waals surface area contributed by atoms with E-state index in [1.807, 2.05) is 7.05 Å². The molecule has 1 aliphatic rings. The fourth-order valence-corrected chi connectivity index (χ4v) is 3.50. The zero-order chi connectivity index (χ0) is 14.7. The van der Waals surface area contributed by atoms with E-state index in [2.05, 4.69) is 17.1 Å². The van der Waals surface area contributed by atoms with E-state index in [9.17, 15) is 4.39 Å². The maximum atomic E-state index is 13.7. The Balaban J connectivity index is 2.14. The van der Waals surface area contributed by atoms with E-state index in [-0.39, 0.29) is 11.1 Å². The Bertz CT molecular complexity index is 465. The number of halogens is 3. The lowest BCUT2D eigenvalue weighted by Crippen LogP contribution is -2.40. The van der Waals surface area contributed by atoms with Gasteiger partial charge in [-0.2, -0.15) is 0 Å². The number of hydrogen-bond donors (Lipinski definition) is 1. The van der Waals surface area contributed by atoms with Crippen LogP contribution >= 0.6 is 23.2 Å². The van der Waals surface area contributed by atoms with Crippen LogP contribution in [0, 0.1) is 11.7 Å². The average Bonchev–Trinajstić information content (AvgIpc) is 2.43. The molecule has 0 bridgehead atoms. The SMILES string of the molecule is CNCC1CCCN(C(C)c2cc(F)c(Cl)cc2Cl)C1. The molecule has 2 atom stereocenters. The predicted molar refractivity (Wildman–Crippen MR) is 83.1 cm³/mol. The molecule has 1 N–H and O–H groups in total. The number of nitrogens with zero attached hydrogens (tertiary/aromatic N) is 1. The van der Waals surface area contributed by atoms with Crippen LogP contribution in [0.3, 0.4) is 0 Å². The molecule has 1 aromatic rings. The van der Waals surface area contributed by atoms with Crippen LogP contribution in [-0.2, 0) is 0 Å². The van der Waals surface area contributed by atoms with E-state index in [1.165, 1.54) is 25.0 Å². The van der Waals surface area contributed by atoms with E-state index in [4.69, 9.17) is 23.2 Å². The van der Waals surface area contributed by atoms with Gasteiger partial charge in [0.05, 0.1) is 5.02 Å². The van der Waals surface area contributed by atoms with Crippen LogP contribution < -0.4 is 5.32 Å². The van der Waals surface area contributed by atoms with Crippen molar-refractivity contribution in [1.29, 1.82) is 0 Å². The van der Waals surface area contributed by atoms with E-state index in [0.29, 0.717) is 10.9 Å². The number of rotatable bonds is 4. The summed E-state index contributed by atoms with van der Waals surface area (Å²) in [6.45, 7) is 5.15. The minimum absolute atomic E-state index is 0.0812. The fourth-order valence-electron chi connectivity index (χ4n) is 2.96. The summed E-state index contributed by atoms with van der Waals surface area (Å²) in [6, 6.07) is 3.07. The third-order valence-corrected chi connectivity index (χ3v) is 4.70. The maximum Gasteiger partial charge on any atom is 0.142 e. The van der Waals surface area contributed by atoms with E-state index < -0.39 is 5.82 Å². The van der Waals surface area contributed by atoms with Gasteiger partial charge >= 0.3 is 0 Å². The van der Waals surface area contributed by atoms with Gasteiger partial charge in [0.25, 0.3) is 0 Å². The van der Waals surface area contributed by atoms with Crippen LogP contribution in [0.1, 0.15) is 31.4 Å². The summed E-state index contributed by atoms with van der Waals surface area (Å²) in [5.41, 5.74) is 0.818. The summed E-state index contributed by atoms with van der Waals surface area (Å²) in [5, 5.41) is 3.86. The molecule has 1 aliphatic heterocycles. The highest BCUT2D eigenvalue weighted by Gasteiger charge is 2.25. The van der Waals surface area contributed by atoms with E-state index in [0.717, 1.165) is 25.2 Å². The Morgan fingerprint density at radius 3 is 2.85 bits per heavy atom. The standard InChI is InChI=1S/C15H21Cl2FN2/c1-10(12-6-15(18)14(17)7-13(12)16)20-5-3-4-11(9-20)8-19-2/h6-7,10-11,19H,3-5,8-9H2,1-2H3. The van der Waals surface area contributed by atoms with Gasteiger partial charge < -0.3 is 5.32 Å². The third-order valence-electron chi connectivity index (χ3n) is 4.08. The molecular weight excluding hydrogens is 298 g/mol. The first-order valence-corrected chi connectivity index (χ1v) is 7.81. The predicted octanol–water partition coefficient (Wildman–Crippen LogP) is 4.12. The third kappa shape index (κ3) is 3.64. The van der Waals surface area contributed by atoms with Gasteiger partial charge in [-0.1, -0.05) is 23.2 Å². The van der Waals surface area contributed by atoms with Crippen LogP contribution in [-0.4, -0.2) is 31.6 Å². The molecule has 2 nitrogen and oxygen atoms in total. The van der Waals surface area contributed by atoms with Crippen molar-refractivity contribution in [2.45, 2.75) is 25.8 Å². The average molecular weight is 319 g/mol. The molecule has 1 aromatic carbocycles. The van der Waals surface area contributed by atoms with E-state index in [1.54, 1.807) is 0 Å². The Labute approximate surface area is 130 Å². The first-order valence-electron chi connectivity index (χ1n) is 7.06. The number of nitrogens with one attached hydrogen (secondary N) is 1. The molecule has 1 fully saturated rings. The van der Waals surface area contributed by atoms with Crippen molar-refractivity contribution in [3.05, 3.63) is 33.6 Å². The second kappa shape index (κ2) is 7.08. The summed E-state index contributed by atoms with van der Waals surface area (Å²) < 4.78 is 13.7. The zero-order valence-electron chi connectivity index (χ0n) is 11.9. The number of piperidine rings is 1. The normalized spacial score (nSPS) is 21.9. The minimum Gasteiger partial charge on any atom is -0.319 e. The molecule has 2 unspecified atom stereocenters. The molecule has 0 aromatic heterocycles. The van der Waals surface area contributed by atoms with Gasteiger partial charge in [0.15, 0.2) is 0 Å². The Hall–Kier alpha value is -0.350. The smallest absolute Gasteiger partial charge is 0.142 e. The quantitative estimate of drug-likeness (QED) is 0.840. The molecule has 112 valence electrons. The summed E-state index contributed by atoms with van der Waals surface area (Å²) in [7, 11) is 1.98. The van der Waals surface area contributed by atoms with Gasteiger partial charge in [0.2, 0.25) is 0 Å². The van der Waals surface area contributed by atoms with Crippen molar-refractivity contribution < 1.29 is 4.39 Å². The molecular formula is C15H21Cl2FN2. The fraction of sp³-hybridized carbons (Fsp3) is 0.600. The van der Waals surface area contributed by atoms with Gasteiger partial charge in [-0.05, 0) is 63.5 Å². The van der Waals surface area contributed by atoms with E-state index >= 15 is 0 Å². The topological polar surface area (TPSA) is 15.3 Å². The monoisotopic (exact) mass is 318 g/mol. The first-order chi connectivity index (χ1) is 9.52. The molecule has 0 radical (unpaired) electrons. The number of hydrogen-bond acceptors (Lipinski definition) is 2. The van der Waals surface area contributed by atoms with Gasteiger partial charge in [0, 0.05) is 17.6 Å².